The summed E-state index contributed by atoms with van der Waals surface area (Å²) in [4.78, 5) is 13.3. The molecule has 2 aromatic heterocycles. The summed E-state index contributed by atoms with van der Waals surface area (Å²) in [5, 5.41) is 6.28. The molecule has 0 aliphatic carbocycles. The maximum absolute atomic E-state index is 12.3. The van der Waals surface area contributed by atoms with Gasteiger partial charge in [0.25, 0.3) is 5.56 Å². The van der Waals surface area contributed by atoms with Gasteiger partial charge in [0.15, 0.2) is 0 Å². The van der Waals surface area contributed by atoms with Gasteiger partial charge in [-0.25, -0.2) is 4.68 Å². The van der Waals surface area contributed by atoms with Crippen molar-refractivity contribution in [3.63, 3.8) is 0 Å². The Balaban J connectivity index is 2.13. The molecule has 3 rings (SSSR count). The highest BCUT2D eigenvalue weighted by atomic mass is 32.1. The van der Waals surface area contributed by atoms with Crippen LogP contribution in [-0.2, 0) is 7.05 Å². The molecular formula is C16H15N3OS. The number of nitrogens with zero attached hydrogens (tertiary/aromatic N) is 2. The highest BCUT2D eigenvalue weighted by Crippen LogP contribution is 2.24. The second-order valence-electron chi connectivity index (χ2n) is 4.77. The van der Waals surface area contributed by atoms with Crippen molar-refractivity contribution >= 4 is 11.3 Å². The Morgan fingerprint density at radius 2 is 1.95 bits per heavy atom. The molecule has 1 unspecified atom stereocenters. The fourth-order valence-corrected chi connectivity index (χ4v) is 2.97. The SMILES string of the molecule is Cn1nc(-c2ccccc2)cc(C(N)c2cccs2)c1=O. The Kier molecular flexibility index (Phi) is 3.68. The highest BCUT2D eigenvalue weighted by molar-refractivity contribution is 7.10. The van der Waals surface area contributed by atoms with Gasteiger partial charge in [-0.15, -0.1) is 11.3 Å². The summed E-state index contributed by atoms with van der Waals surface area (Å²) in [6.07, 6.45) is 0. The second-order valence-corrected chi connectivity index (χ2v) is 5.75. The van der Waals surface area contributed by atoms with Crippen LogP contribution in [0.3, 0.4) is 0 Å². The van der Waals surface area contributed by atoms with Crippen LogP contribution in [-0.4, -0.2) is 9.78 Å². The lowest BCUT2D eigenvalue weighted by Gasteiger charge is -2.12. The zero-order chi connectivity index (χ0) is 14.8. The van der Waals surface area contributed by atoms with E-state index in [9.17, 15) is 4.79 Å². The predicted octanol–water partition coefficient (Wildman–Crippen LogP) is 2.56. The molecular weight excluding hydrogens is 282 g/mol. The van der Waals surface area contributed by atoms with Crippen molar-refractivity contribution in [1.29, 1.82) is 0 Å². The third-order valence-electron chi connectivity index (χ3n) is 3.35. The number of hydrogen-bond acceptors (Lipinski definition) is 4. The molecule has 2 N–H and O–H groups in total. The Hall–Kier alpha value is -2.24. The zero-order valence-electron chi connectivity index (χ0n) is 11.6. The third-order valence-corrected chi connectivity index (χ3v) is 4.30. The van der Waals surface area contributed by atoms with Crippen molar-refractivity contribution in [2.24, 2.45) is 12.8 Å². The van der Waals surface area contributed by atoms with E-state index in [0.717, 1.165) is 16.1 Å². The number of hydrogen-bond donors (Lipinski definition) is 1. The Labute approximate surface area is 126 Å². The number of aromatic nitrogens is 2. The summed E-state index contributed by atoms with van der Waals surface area (Å²) in [6, 6.07) is 15.0. The van der Waals surface area contributed by atoms with Gasteiger partial charge in [0.1, 0.15) is 0 Å². The molecule has 0 spiro atoms. The van der Waals surface area contributed by atoms with Crippen LogP contribution < -0.4 is 11.3 Å². The summed E-state index contributed by atoms with van der Waals surface area (Å²) in [6.45, 7) is 0. The molecule has 1 aromatic carbocycles. The summed E-state index contributed by atoms with van der Waals surface area (Å²) >= 11 is 1.55. The van der Waals surface area contributed by atoms with Crippen molar-refractivity contribution in [1.82, 2.24) is 9.78 Å². The molecule has 0 saturated heterocycles. The van der Waals surface area contributed by atoms with Crippen LogP contribution in [0.1, 0.15) is 16.5 Å². The van der Waals surface area contributed by atoms with Crippen molar-refractivity contribution in [2.75, 3.05) is 0 Å². The van der Waals surface area contributed by atoms with Gasteiger partial charge in [-0.2, -0.15) is 5.10 Å². The third kappa shape index (κ3) is 2.66. The van der Waals surface area contributed by atoms with Crippen LogP contribution >= 0.6 is 11.3 Å². The molecule has 0 bridgehead atoms. The molecule has 2 heterocycles. The van der Waals surface area contributed by atoms with E-state index in [-0.39, 0.29) is 5.56 Å². The molecule has 0 amide bonds. The largest absolute Gasteiger partial charge is 0.319 e. The standard InChI is InChI=1S/C16H15N3OS/c1-19-16(20)12(15(17)14-8-5-9-21-14)10-13(18-19)11-6-3-2-4-7-11/h2-10,15H,17H2,1H3. The van der Waals surface area contributed by atoms with E-state index in [1.165, 1.54) is 4.68 Å². The number of benzene rings is 1. The molecule has 0 radical (unpaired) electrons. The molecule has 4 nitrogen and oxygen atoms in total. The summed E-state index contributed by atoms with van der Waals surface area (Å²) in [5.74, 6) is 0. The molecule has 0 aliphatic heterocycles. The minimum absolute atomic E-state index is 0.157. The van der Waals surface area contributed by atoms with E-state index in [0.29, 0.717) is 5.56 Å². The fourth-order valence-electron chi connectivity index (χ4n) is 2.23. The monoisotopic (exact) mass is 297 g/mol. The lowest BCUT2D eigenvalue weighted by Crippen LogP contribution is -2.28. The van der Waals surface area contributed by atoms with E-state index in [4.69, 9.17) is 5.73 Å². The van der Waals surface area contributed by atoms with E-state index in [1.807, 2.05) is 47.8 Å². The van der Waals surface area contributed by atoms with Gasteiger partial charge >= 0.3 is 0 Å². The zero-order valence-corrected chi connectivity index (χ0v) is 12.4. The molecule has 106 valence electrons. The van der Waals surface area contributed by atoms with Gasteiger partial charge < -0.3 is 5.73 Å². The highest BCUT2D eigenvalue weighted by Gasteiger charge is 2.17. The first kappa shape index (κ1) is 13.7. The average Bonchev–Trinajstić information content (AvgIpc) is 3.04. The minimum Gasteiger partial charge on any atom is -0.319 e. The smallest absolute Gasteiger partial charge is 0.271 e. The summed E-state index contributed by atoms with van der Waals surface area (Å²) in [7, 11) is 1.65. The van der Waals surface area contributed by atoms with E-state index in [1.54, 1.807) is 24.5 Å². The fraction of sp³-hybridized carbons (Fsp3) is 0.125. The van der Waals surface area contributed by atoms with Crippen molar-refractivity contribution in [2.45, 2.75) is 6.04 Å². The average molecular weight is 297 g/mol. The lowest BCUT2D eigenvalue weighted by molar-refractivity contribution is 0.686. The number of thiophene rings is 1. The van der Waals surface area contributed by atoms with Gasteiger partial charge in [0.05, 0.1) is 11.7 Å². The number of aryl methyl sites for hydroxylation is 1. The quantitative estimate of drug-likeness (QED) is 0.808. The van der Waals surface area contributed by atoms with Gasteiger partial charge in [0.2, 0.25) is 0 Å². The number of rotatable bonds is 3. The van der Waals surface area contributed by atoms with Crippen LogP contribution in [0, 0.1) is 0 Å². The predicted molar refractivity (Wildman–Crippen MR) is 85.3 cm³/mol. The maximum atomic E-state index is 12.3. The van der Waals surface area contributed by atoms with Gasteiger partial charge in [0, 0.05) is 23.1 Å². The van der Waals surface area contributed by atoms with Gasteiger partial charge in [-0.3, -0.25) is 4.79 Å². The topological polar surface area (TPSA) is 60.9 Å². The van der Waals surface area contributed by atoms with Crippen LogP contribution in [0.25, 0.3) is 11.3 Å². The molecule has 0 fully saturated rings. The van der Waals surface area contributed by atoms with Crippen molar-refractivity contribution in [3.8, 4) is 11.3 Å². The van der Waals surface area contributed by atoms with Crippen LogP contribution in [0.2, 0.25) is 0 Å². The molecule has 5 heteroatoms. The first-order valence-corrected chi connectivity index (χ1v) is 7.47. The van der Waals surface area contributed by atoms with Gasteiger partial charge in [-0.1, -0.05) is 36.4 Å². The molecule has 0 aliphatic rings. The van der Waals surface area contributed by atoms with E-state index >= 15 is 0 Å². The lowest BCUT2D eigenvalue weighted by atomic mass is 10.0. The normalized spacial score (nSPS) is 12.3. The van der Waals surface area contributed by atoms with Crippen LogP contribution in [0.5, 0.6) is 0 Å². The molecule has 1 atom stereocenters. The van der Waals surface area contributed by atoms with Crippen molar-refractivity contribution < 1.29 is 0 Å². The first-order chi connectivity index (χ1) is 10.2. The maximum Gasteiger partial charge on any atom is 0.271 e. The van der Waals surface area contributed by atoms with Crippen molar-refractivity contribution in [3.05, 3.63) is 74.7 Å². The van der Waals surface area contributed by atoms with Gasteiger partial charge in [-0.05, 0) is 17.5 Å². The molecule has 0 saturated carbocycles. The Morgan fingerprint density at radius 3 is 2.62 bits per heavy atom. The summed E-state index contributed by atoms with van der Waals surface area (Å²) in [5.41, 5.74) is 8.37. The second kappa shape index (κ2) is 5.63. The van der Waals surface area contributed by atoms with Crippen LogP contribution in [0.15, 0.2) is 58.7 Å². The molecule has 21 heavy (non-hydrogen) atoms. The minimum atomic E-state index is -0.422. The first-order valence-electron chi connectivity index (χ1n) is 6.59. The Morgan fingerprint density at radius 1 is 1.19 bits per heavy atom. The number of nitrogens with two attached hydrogens (primary N) is 1. The van der Waals surface area contributed by atoms with E-state index in [2.05, 4.69) is 5.10 Å². The molecule has 3 aromatic rings. The van der Waals surface area contributed by atoms with Crippen LogP contribution in [0.4, 0.5) is 0 Å². The Bertz CT molecular complexity index is 794. The van der Waals surface area contributed by atoms with E-state index < -0.39 is 6.04 Å². The summed E-state index contributed by atoms with van der Waals surface area (Å²) < 4.78 is 1.35.